The molecule has 1 aromatic heterocycles. The third-order valence-electron chi connectivity index (χ3n) is 7.60. The van der Waals surface area contributed by atoms with E-state index in [1.807, 2.05) is 32.0 Å². The number of hydrogen-bond acceptors (Lipinski definition) is 5. The van der Waals surface area contributed by atoms with Crippen LogP contribution in [-0.4, -0.2) is 50.3 Å². The lowest BCUT2D eigenvalue weighted by atomic mass is 9.76. The molecule has 194 valence electrons. The van der Waals surface area contributed by atoms with Crippen molar-refractivity contribution >= 4 is 38.2 Å². The minimum atomic E-state index is -1.69. The second kappa shape index (κ2) is 8.30. The van der Waals surface area contributed by atoms with Crippen LogP contribution >= 0.6 is 0 Å². The molecule has 3 heterocycles. The number of nitrogens with zero attached hydrogens (tertiary/aromatic N) is 1. The van der Waals surface area contributed by atoms with Crippen molar-refractivity contribution in [2.45, 2.75) is 82.3 Å². The molecule has 6 rings (SSSR count). The summed E-state index contributed by atoms with van der Waals surface area (Å²) in [5.74, 6) is 0.306. The van der Waals surface area contributed by atoms with Gasteiger partial charge in [0.1, 0.15) is 6.10 Å². The van der Waals surface area contributed by atoms with Crippen molar-refractivity contribution in [3.8, 4) is 11.5 Å². The zero-order valence-electron chi connectivity index (χ0n) is 22.6. The van der Waals surface area contributed by atoms with E-state index < -0.39 is 16.8 Å². The molecule has 2 aromatic carbocycles. The quantitative estimate of drug-likeness (QED) is 0.513. The number of carbonyl (C=O) groups excluding carboxylic acids is 1. The Bertz CT molecular complexity index is 1430. The summed E-state index contributed by atoms with van der Waals surface area (Å²) in [5, 5.41) is 4.23. The molecule has 3 aliphatic rings. The highest BCUT2D eigenvalue weighted by atomic mass is 16.7. The first kappa shape index (κ1) is 25.4. The molecule has 0 spiro atoms. The number of nitrogens with one attached hydrogen (secondary N) is 1. The molecule has 2 aliphatic heterocycles. The summed E-state index contributed by atoms with van der Waals surface area (Å²) in [6.07, 6.45) is 1.48. The molecule has 0 bridgehead atoms. The van der Waals surface area contributed by atoms with Gasteiger partial charge in [-0.1, -0.05) is 26.8 Å². The van der Waals surface area contributed by atoms with Gasteiger partial charge in [-0.05, 0) is 68.7 Å². The fraction of sp³-hybridized carbons (Fsp3) is 0.483. The first-order chi connectivity index (χ1) is 17.7. The fourth-order valence-electron chi connectivity index (χ4n) is 5.58. The van der Waals surface area contributed by atoms with Crippen LogP contribution in [-0.2, 0) is 31.6 Å². The maximum absolute atomic E-state index is 13.5. The highest BCUT2D eigenvalue weighted by Gasteiger charge is 2.52. The number of anilines is 1. The number of aromatic nitrogens is 1. The van der Waals surface area contributed by atoms with E-state index in [4.69, 9.17) is 34.6 Å². The summed E-state index contributed by atoms with van der Waals surface area (Å²) < 4.78 is 25.1. The topological polar surface area (TPSA) is 71.0 Å². The molecule has 3 aromatic rings. The summed E-state index contributed by atoms with van der Waals surface area (Å²) >= 11 is 0. The molecule has 1 N–H and O–H groups in total. The molecule has 7 nitrogen and oxygen atoms in total. The zero-order valence-corrected chi connectivity index (χ0v) is 22.6. The maximum atomic E-state index is 13.5. The number of carbonyl (C=O) groups is 1. The number of fused-ring (bicyclic) bond motifs is 2. The minimum Gasteiger partial charge on any atom is -0.468 e. The number of rotatable bonds is 5. The molecule has 2 fully saturated rings. The minimum absolute atomic E-state index is 0.0267. The van der Waals surface area contributed by atoms with E-state index in [2.05, 4.69) is 42.8 Å². The van der Waals surface area contributed by atoms with Gasteiger partial charge in [-0.15, -0.1) is 0 Å². The number of amides is 1. The van der Waals surface area contributed by atoms with Crippen LogP contribution in [0.1, 0.15) is 58.7 Å². The summed E-state index contributed by atoms with van der Waals surface area (Å²) in [6.45, 7) is 11.8. The van der Waals surface area contributed by atoms with Gasteiger partial charge in [0.05, 0.1) is 18.6 Å². The average Bonchev–Trinajstić information content (AvgIpc) is 3.32. The molecule has 38 heavy (non-hydrogen) atoms. The fourth-order valence-corrected chi connectivity index (χ4v) is 5.58. The highest BCUT2D eigenvalue weighted by Crippen LogP contribution is 2.51. The van der Waals surface area contributed by atoms with E-state index in [9.17, 15) is 4.79 Å². The number of ether oxygens (including phenoxy) is 4. The van der Waals surface area contributed by atoms with Crippen LogP contribution in [0.3, 0.4) is 0 Å². The Morgan fingerprint density at radius 1 is 1.05 bits per heavy atom. The van der Waals surface area contributed by atoms with Gasteiger partial charge < -0.3 is 28.8 Å². The van der Waals surface area contributed by atoms with Crippen molar-refractivity contribution in [1.82, 2.24) is 4.57 Å². The van der Waals surface area contributed by atoms with E-state index in [-0.39, 0.29) is 17.4 Å². The third kappa shape index (κ3) is 4.50. The first-order valence-electron chi connectivity index (χ1n) is 13.1. The van der Waals surface area contributed by atoms with Gasteiger partial charge in [-0.25, -0.2) is 0 Å². The number of benzene rings is 2. The number of hydrogen-bond donors (Lipinski definition) is 1. The normalized spacial score (nSPS) is 22.5. The molecule has 1 saturated heterocycles. The van der Waals surface area contributed by atoms with Gasteiger partial charge >= 0.3 is 0 Å². The van der Waals surface area contributed by atoms with Crippen LogP contribution in [0.15, 0.2) is 42.5 Å². The van der Waals surface area contributed by atoms with E-state index in [1.54, 1.807) is 12.1 Å². The second-order valence-corrected chi connectivity index (χ2v) is 12.2. The lowest BCUT2D eigenvalue weighted by Gasteiger charge is -2.24. The highest BCUT2D eigenvalue weighted by molar-refractivity contribution is 6.38. The van der Waals surface area contributed by atoms with E-state index in [1.165, 1.54) is 5.69 Å². The van der Waals surface area contributed by atoms with Crippen molar-refractivity contribution in [3.05, 3.63) is 53.7 Å². The summed E-state index contributed by atoms with van der Waals surface area (Å²) in [4.78, 5) is 13.5. The molecular weight excluding hydrogens is 478 g/mol. The Morgan fingerprint density at radius 2 is 1.79 bits per heavy atom. The van der Waals surface area contributed by atoms with Crippen molar-refractivity contribution in [3.63, 3.8) is 0 Å². The van der Waals surface area contributed by atoms with Crippen LogP contribution < -0.4 is 14.8 Å². The lowest BCUT2D eigenvalue weighted by molar-refractivity contribution is -0.139. The predicted molar refractivity (Wildman–Crippen MR) is 147 cm³/mol. The summed E-state index contributed by atoms with van der Waals surface area (Å²) in [5.41, 5.74) is 1.56. The maximum Gasteiger partial charge on any atom is 0.235 e. The predicted octanol–water partition coefficient (Wildman–Crippen LogP) is 4.48. The van der Waals surface area contributed by atoms with E-state index >= 15 is 0 Å². The third-order valence-corrected chi connectivity index (χ3v) is 7.60. The molecule has 9 heteroatoms. The molecule has 4 radical (unpaired) electrons. The van der Waals surface area contributed by atoms with Crippen LogP contribution in [0.2, 0.25) is 0 Å². The average molecular weight is 510 g/mol. The summed E-state index contributed by atoms with van der Waals surface area (Å²) in [6, 6.07) is 13.7. The summed E-state index contributed by atoms with van der Waals surface area (Å²) in [7, 11) is 11.5. The molecule has 0 unspecified atom stereocenters. The van der Waals surface area contributed by atoms with Crippen molar-refractivity contribution < 1.29 is 23.7 Å². The Labute approximate surface area is 226 Å². The second-order valence-electron chi connectivity index (χ2n) is 12.2. The standard InChI is InChI=1S/C29H32B2N2O5/c1-26(2,3)24-13-17-12-19(7-8-21(17)33(24)15-20-16-35-27(4,5)36-20)32-25(34)28(10-11-28)18-6-9-22-23(14-18)38-29(30,31)37-22/h6-9,12-14,20H,10-11,15-16H2,1-5H3,(H,32,34)/t20-/m1/s1. The van der Waals surface area contributed by atoms with Gasteiger partial charge in [0.15, 0.2) is 38.6 Å². The smallest absolute Gasteiger partial charge is 0.235 e. The Morgan fingerprint density at radius 3 is 2.45 bits per heavy atom. The van der Waals surface area contributed by atoms with Crippen molar-refractivity contribution in [2.75, 3.05) is 11.9 Å². The Hall–Kier alpha value is -2.90. The first-order valence-corrected chi connectivity index (χ1v) is 13.1. The zero-order chi connectivity index (χ0) is 27.1. The molecule has 1 amide bonds. The molecule has 1 aliphatic carbocycles. The van der Waals surface area contributed by atoms with Gasteiger partial charge in [0, 0.05) is 27.7 Å². The SMILES string of the molecule is [B]C1([B])Oc2ccc(C3(C(=O)Nc4ccc5c(c4)cc(C(C)(C)C)n5C[C@@H]4COC(C)(C)O4)CC3)cc2O1. The largest absolute Gasteiger partial charge is 0.468 e. The van der Waals surface area contributed by atoms with E-state index in [0.29, 0.717) is 24.7 Å². The lowest BCUT2D eigenvalue weighted by Crippen LogP contribution is -2.39. The van der Waals surface area contributed by atoms with Crippen LogP contribution in [0.5, 0.6) is 11.5 Å². The van der Waals surface area contributed by atoms with Gasteiger partial charge in [-0.2, -0.15) is 0 Å². The monoisotopic (exact) mass is 510 g/mol. The van der Waals surface area contributed by atoms with Crippen molar-refractivity contribution in [2.24, 2.45) is 0 Å². The van der Waals surface area contributed by atoms with Crippen LogP contribution in [0.4, 0.5) is 5.69 Å². The van der Waals surface area contributed by atoms with Crippen LogP contribution in [0.25, 0.3) is 10.9 Å². The van der Waals surface area contributed by atoms with Gasteiger partial charge in [0.25, 0.3) is 0 Å². The van der Waals surface area contributed by atoms with Crippen molar-refractivity contribution in [1.29, 1.82) is 0 Å². The molecule has 1 saturated carbocycles. The van der Waals surface area contributed by atoms with Crippen LogP contribution in [0, 0.1) is 0 Å². The van der Waals surface area contributed by atoms with Gasteiger partial charge in [-0.3, -0.25) is 4.79 Å². The Balaban J connectivity index is 1.26. The van der Waals surface area contributed by atoms with Gasteiger partial charge in [0.2, 0.25) is 5.91 Å². The van der Waals surface area contributed by atoms with E-state index in [0.717, 1.165) is 35.0 Å². The molecular formula is C29H32B2N2O5. The molecule has 1 atom stereocenters. The Kier molecular flexibility index (Phi) is 5.54.